The molecule has 0 aliphatic carbocycles. The number of nitrogens with one attached hydrogen (secondary N) is 1. The predicted octanol–water partition coefficient (Wildman–Crippen LogP) is 2.99. The summed E-state index contributed by atoms with van der Waals surface area (Å²) in [6.45, 7) is 4.53. The smallest absolute Gasteiger partial charge is 0.137 e. The minimum atomic E-state index is 0.496. The van der Waals surface area contributed by atoms with Crippen molar-refractivity contribution < 1.29 is 4.52 Å². The lowest BCUT2D eigenvalue weighted by Gasteiger charge is -2.10. The van der Waals surface area contributed by atoms with E-state index < -0.39 is 0 Å². The molecule has 2 aromatic rings. The molecular weight excluding hydrogens is 252 g/mol. The van der Waals surface area contributed by atoms with Gasteiger partial charge in [0.2, 0.25) is 0 Å². The van der Waals surface area contributed by atoms with Gasteiger partial charge in [0.25, 0.3) is 0 Å². The summed E-state index contributed by atoms with van der Waals surface area (Å²) in [6.07, 6.45) is 3.35. The van der Waals surface area contributed by atoms with E-state index >= 15 is 0 Å². The van der Waals surface area contributed by atoms with Gasteiger partial charge in [0.15, 0.2) is 0 Å². The van der Waals surface area contributed by atoms with Crippen molar-refractivity contribution in [3.63, 3.8) is 0 Å². The highest BCUT2D eigenvalue weighted by molar-refractivity contribution is 6.30. The van der Waals surface area contributed by atoms with Crippen LogP contribution in [0.15, 0.2) is 16.9 Å². The standard InChI is InChI=1S/C12H15ClN4O/c1-3-4-10-15-11(13)8(2)12(16-10)14-7-9-5-6-18-17-9/h5-6H,3-4,7H2,1-2H3,(H,14,15,16). The second-order valence-corrected chi connectivity index (χ2v) is 4.36. The molecule has 0 aliphatic rings. The van der Waals surface area contributed by atoms with Crippen molar-refractivity contribution >= 4 is 17.4 Å². The monoisotopic (exact) mass is 266 g/mol. The molecule has 1 N–H and O–H groups in total. The highest BCUT2D eigenvalue weighted by Crippen LogP contribution is 2.20. The van der Waals surface area contributed by atoms with Crippen LogP contribution in [0.3, 0.4) is 0 Å². The molecule has 0 atom stereocenters. The van der Waals surface area contributed by atoms with E-state index in [4.69, 9.17) is 16.1 Å². The summed E-state index contributed by atoms with van der Waals surface area (Å²) in [7, 11) is 0. The van der Waals surface area contributed by atoms with Crippen LogP contribution in [-0.4, -0.2) is 15.1 Å². The van der Waals surface area contributed by atoms with Gasteiger partial charge in [0.1, 0.15) is 28.8 Å². The quantitative estimate of drug-likeness (QED) is 0.843. The average Bonchev–Trinajstić information content (AvgIpc) is 2.85. The minimum absolute atomic E-state index is 0.496. The lowest BCUT2D eigenvalue weighted by atomic mass is 10.3. The van der Waals surface area contributed by atoms with Crippen molar-refractivity contribution in [2.45, 2.75) is 33.2 Å². The maximum atomic E-state index is 6.09. The van der Waals surface area contributed by atoms with Crippen LogP contribution in [0.5, 0.6) is 0 Å². The summed E-state index contributed by atoms with van der Waals surface area (Å²) in [5, 5.41) is 7.52. The summed E-state index contributed by atoms with van der Waals surface area (Å²) in [5.41, 5.74) is 1.67. The van der Waals surface area contributed by atoms with E-state index in [1.807, 2.05) is 6.92 Å². The first kappa shape index (κ1) is 12.8. The van der Waals surface area contributed by atoms with Gasteiger partial charge in [0, 0.05) is 18.1 Å². The number of nitrogens with zero attached hydrogens (tertiary/aromatic N) is 3. The summed E-state index contributed by atoms with van der Waals surface area (Å²) in [5.74, 6) is 1.51. The molecule has 0 saturated carbocycles. The van der Waals surface area contributed by atoms with Crippen molar-refractivity contribution in [1.29, 1.82) is 0 Å². The van der Waals surface area contributed by atoms with Crippen molar-refractivity contribution in [3.8, 4) is 0 Å². The molecule has 0 fully saturated rings. The van der Waals surface area contributed by atoms with Crippen LogP contribution in [0.25, 0.3) is 0 Å². The van der Waals surface area contributed by atoms with Crippen LogP contribution in [0.1, 0.15) is 30.4 Å². The highest BCUT2D eigenvalue weighted by Gasteiger charge is 2.09. The predicted molar refractivity (Wildman–Crippen MR) is 69.6 cm³/mol. The molecule has 6 heteroatoms. The van der Waals surface area contributed by atoms with Gasteiger partial charge in [-0.3, -0.25) is 0 Å². The number of hydrogen-bond acceptors (Lipinski definition) is 5. The van der Waals surface area contributed by atoms with Crippen molar-refractivity contribution in [3.05, 3.63) is 34.6 Å². The third-order valence-electron chi connectivity index (χ3n) is 2.53. The van der Waals surface area contributed by atoms with E-state index in [2.05, 4.69) is 27.4 Å². The number of aryl methyl sites for hydroxylation is 1. The van der Waals surface area contributed by atoms with Gasteiger partial charge in [0.05, 0.1) is 6.54 Å². The molecule has 2 heterocycles. The molecule has 18 heavy (non-hydrogen) atoms. The second kappa shape index (κ2) is 5.82. The zero-order valence-electron chi connectivity index (χ0n) is 10.4. The zero-order valence-corrected chi connectivity index (χ0v) is 11.2. The van der Waals surface area contributed by atoms with E-state index in [-0.39, 0.29) is 0 Å². The molecule has 0 saturated heterocycles. The Morgan fingerprint density at radius 3 is 2.89 bits per heavy atom. The minimum Gasteiger partial charge on any atom is -0.364 e. The molecule has 0 aromatic carbocycles. The Balaban J connectivity index is 2.15. The van der Waals surface area contributed by atoms with Gasteiger partial charge in [-0.2, -0.15) is 0 Å². The highest BCUT2D eigenvalue weighted by atomic mass is 35.5. The summed E-state index contributed by atoms with van der Waals surface area (Å²) in [4.78, 5) is 8.71. The molecule has 0 radical (unpaired) electrons. The molecule has 5 nitrogen and oxygen atoms in total. The van der Waals surface area contributed by atoms with Crippen molar-refractivity contribution in [1.82, 2.24) is 15.1 Å². The molecule has 0 unspecified atom stereocenters. The van der Waals surface area contributed by atoms with Gasteiger partial charge in [-0.15, -0.1) is 0 Å². The van der Waals surface area contributed by atoms with Crippen LogP contribution in [0.2, 0.25) is 5.15 Å². The first-order valence-corrected chi connectivity index (χ1v) is 6.24. The fraction of sp³-hybridized carbons (Fsp3) is 0.417. The molecular formula is C12H15ClN4O. The fourth-order valence-electron chi connectivity index (χ4n) is 1.54. The van der Waals surface area contributed by atoms with Gasteiger partial charge < -0.3 is 9.84 Å². The summed E-state index contributed by atoms with van der Waals surface area (Å²) < 4.78 is 4.77. The van der Waals surface area contributed by atoms with Crippen LogP contribution in [0, 0.1) is 6.92 Å². The fourth-order valence-corrected chi connectivity index (χ4v) is 1.73. The van der Waals surface area contributed by atoms with Gasteiger partial charge in [-0.1, -0.05) is 23.7 Å². The first-order valence-electron chi connectivity index (χ1n) is 5.87. The Morgan fingerprint density at radius 1 is 1.39 bits per heavy atom. The number of hydrogen-bond donors (Lipinski definition) is 1. The van der Waals surface area contributed by atoms with Gasteiger partial charge in [-0.05, 0) is 13.3 Å². The van der Waals surface area contributed by atoms with Gasteiger partial charge in [-0.25, -0.2) is 9.97 Å². The topological polar surface area (TPSA) is 63.8 Å². The number of rotatable bonds is 5. The molecule has 2 aromatic heterocycles. The van der Waals surface area contributed by atoms with Crippen LogP contribution in [-0.2, 0) is 13.0 Å². The molecule has 0 spiro atoms. The molecule has 96 valence electrons. The Morgan fingerprint density at radius 2 is 2.22 bits per heavy atom. The lowest BCUT2D eigenvalue weighted by molar-refractivity contribution is 0.412. The Hall–Kier alpha value is -1.62. The second-order valence-electron chi connectivity index (χ2n) is 4.00. The molecule has 2 rings (SSSR count). The Bertz CT molecular complexity index is 513. The van der Waals surface area contributed by atoms with E-state index in [1.165, 1.54) is 0 Å². The van der Waals surface area contributed by atoms with Crippen molar-refractivity contribution in [2.75, 3.05) is 5.32 Å². The van der Waals surface area contributed by atoms with E-state index in [0.29, 0.717) is 11.7 Å². The van der Waals surface area contributed by atoms with Crippen LogP contribution >= 0.6 is 11.6 Å². The van der Waals surface area contributed by atoms with Crippen LogP contribution < -0.4 is 5.32 Å². The van der Waals surface area contributed by atoms with E-state index in [1.54, 1.807) is 12.3 Å². The normalized spacial score (nSPS) is 10.6. The Labute approximate surface area is 111 Å². The lowest BCUT2D eigenvalue weighted by Crippen LogP contribution is -2.07. The number of halogens is 1. The van der Waals surface area contributed by atoms with Crippen molar-refractivity contribution in [2.24, 2.45) is 0 Å². The van der Waals surface area contributed by atoms with E-state index in [0.717, 1.165) is 35.7 Å². The average molecular weight is 267 g/mol. The van der Waals surface area contributed by atoms with Crippen LogP contribution in [0.4, 0.5) is 5.82 Å². The summed E-state index contributed by atoms with van der Waals surface area (Å²) in [6, 6.07) is 1.80. The van der Waals surface area contributed by atoms with Gasteiger partial charge >= 0.3 is 0 Å². The largest absolute Gasteiger partial charge is 0.364 e. The maximum absolute atomic E-state index is 6.09. The number of anilines is 1. The maximum Gasteiger partial charge on any atom is 0.137 e. The zero-order chi connectivity index (χ0) is 13.0. The molecule has 0 aliphatic heterocycles. The Kier molecular flexibility index (Phi) is 4.15. The SMILES string of the molecule is CCCc1nc(Cl)c(C)c(NCc2ccon2)n1. The third-order valence-corrected chi connectivity index (χ3v) is 2.90. The molecule has 0 amide bonds. The molecule has 0 bridgehead atoms. The third kappa shape index (κ3) is 2.98. The van der Waals surface area contributed by atoms with E-state index in [9.17, 15) is 0 Å². The summed E-state index contributed by atoms with van der Waals surface area (Å²) >= 11 is 6.09. The first-order chi connectivity index (χ1) is 8.70. The number of aromatic nitrogens is 3.